The molecule has 1 atom stereocenters. The zero-order valence-electron chi connectivity index (χ0n) is 16.4. The summed E-state index contributed by atoms with van der Waals surface area (Å²) in [5, 5.41) is 0. The molecule has 0 aromatic heterocycles. The second-order valence-electron chi connectivity index (χ2n) is 7.88. The van der Waals surface area contributed by atoms with Crippen molar-refractivity contribution in [2.45, 2.75) is 17.8 Å². The van der Waals surface area contributed by atoms with E-state index in [1.54, 1.807) is 0 Å². The Hall–Kier alpha value is -3.38. The van der Waals surface area contributed by atoms with Gasteiger partial charge in [0.1, 0.15) is 0 Å². The molecule has 0 fully saturated rings. The van der Waals surface area contributed by atoms with Crippen LogP contribution in [0, 0.1) is 0 Å². The Bertz CT molecular complexity index is 1070. The highest BCUT2D eigenvalue weighted by atomic mass is 14.5. The Labute approximate surface area is 173 Å². The zero-order chi connectivity index (χ0) is 19.5. The van der Waals surface area contributed by atoms with Crippen LogP contribution in [0.4, 0.5) is 0 Å². The van der Waals surface area contributed by atoms with E-state index in [-0.39, 0.29) is 11.3 Å². The lowest BCUT2D eigenvalue weighted by molar-refractivity contribution is 0.474. The molecule has 0 saturated carbocycles. The van der Waals surface area contributed by atoms with E-state index in [1.165, 1.54) is 27.8 Å². The van der Waals surface area contributed by atoms with Crippen molar-refractivity contribution in [3.63, 3.8) is 0 Å². The molecule has 29 heavy (non-hydrogen) atoms. The quantitative estimate of drug-likeness (QED) is 0.353. The summed E-state index contributed by atoms with van der Waals surface area (Å²) in [6.07, 6.45) is 5.74. The van der Waals surface area contributed by atoms with E-state index in [9.17, 15) is 0 Å². The molecule has 0 amide bonds. The first kappa shape index (κ1) is 17.7. The number of fused-ring (bicyclic) bond motifs is 1. The predicted octanol–water partition coefficient (Wildman–Crippen LogP) is 7.03. The van der Waals surface area contributed by atoms with E-state index >= 15 is 0 Å². The van der Waals surface area contributed by atoms with Gasteiger partial charge in [0, 0.05) is 11.3 Å². The fraction of sp³-hybridized carbons (Fsp3) is 0.103. The molecule has 0 spiro atoms. The Morgan fingerprint density at radius 2 is 1.07 bits per heavy atom. The van der Waals surface area contributed by atoms with Crippen LogP contribution >= 0.6 is 0 Å². The molecule has 0 radical (unpaired) electrons. The maximum Gasteiger partial charge on any atom is 0.0291 e. The molecule has 1 aliphatic rings. The Morgan fingerprint density at radius 3 is 1.69 bits per heavy atom. The van der Waals surface area contributed by atoms with E-state index in [1.807, 2.05) is 0 Å². The monoisotopic (exact) mass is 372 g/mol. The first-order valence-electron chi connectivity index (χ1n) is 10.3. The van der Waals surface area contributed by atoms with Gasteiger partial charge >= 0.3 is 0 Å². The van der Waals surface area contributed by atoms with Crippen LogP contribution in [-0.2, 0) is 11.8 Å². The molecule has 0 bridgehead atoms. The molecule has 1 aliphatic carbocycles. The van der Waals surface area contributed by atoms with Crippen LogP contribution in [0.1, 0.15) is 33.7 Å². The number of allylic oxidation sites excluding steroid dienone is 1. The van der Waals surface area contributed by atoms with Crippen LogP contribution < -0.4 is 0 Å². The lowest BCUT2D eigenvalue weighted by Gasteiger charge is -2.39. The lowest BCUT2D eigenvalue weighted by Crippen LogP contribution is -2.34. The predicted molar refractivity (Wildman–Crippen MR) is 122 cm³/mol. The molecule has 0 saturated heterocycles. The van der Waals surface area contributed by atoms with E-state index in [2.05, 4.69) is 127 Å². The summed E-state index contributed by atoms with van der Waals surface area (Å²) in [7, 11) is 0. The molecule has 0 heteroatoms. The van der Waals surface area contributed by atoms with Crippen LogP contribution in [-0.4, -0.2) is 0 Å². The van der Waals surface area contributed by atoms with Gasteiger partial charge in [0.15, 0.2) is 0 Å². The Morgan fingerprint density at radius 1 is 0.552 bits per heavy atom. The van der Waals surface area contributed by atoms with E-state index in [0.717, 1.165) is 6.42 Å². The normalized spacial score (nSPS) is 17.4. The largest absolute Gasteiger partial charge is 0.0721 e. The van der Waals surface area contributed by atoms with Crippen molar-refractivity contribution in [3.8, 4) is 0 Å². The third-order valence-corrected chi connectivity index (χ3v) is 6.14. The van der Waals surface area contributed by atoms with Gasteiger partial charge in [0.25, 0.3) is 0 Å². The topological polar surface area (TPSA) is 0 Å². The van der Waals surface area contributed by atoms with Crippen molar-refractivity contribution in [2.75, 3.05) is 0 Å². The molecule has 140 valence electrons. The summed E-state index contributed by atoms with van der Waals surface area (Å²) in [5.74, 6) is 0.241. The summed E-state index contributed by atoms with van der Waals surface area (Å²) < 4.78 is 0. The summed E-state index contributed by atoms with van der Waals surface area (Å²) in [6, 6.07) is 41.7. The highest BCUT2D eigenvalue weighted by Gasteiger charge is 2.43. The molecule has 1 unspecified atom stereocenters. The highest BCUT2D eigenvalue weighted by molar-refractivity contribution is 5.68. The smallest absolute Gasteiger partial charge is 0.0291 e. The van der Waals surface area contributed by atoms with Gasteiger partial charge in [-0.3, -0.25) is 0 Å². The van der Waals surface area contributed by atoms with Crippen molar-refractivity contribution < 1.29 is 0 Å². The van der Waals surface area contributed by atoms with E-state index < -0.39 is 0 Å². The van der Waals surface area contributed by atoms with Crippen LogP contribution in [0.3, 0.4) is 0 Å². The second-order valence-corrected chi connectivity index (χ2v) is 7.88. The van der Waals surface area contributed by atoms with E-state index in [4.69, 9.17) is 0 Å². The molecule has 0 aliphatic heterocycles. The maximum atomic E-state index is 2.45. The second kappa shape index (κ2) is 7.56. The Balaban J connectivity index is 1.76. The standard InChI is InChI=1S/C29H24/c1-4-12-23(13-5-1)22-29(21-20-24-14-10-11-19-27(24)29)28(25-15-6-2-7-16-25)26-17-8-3-9-18-26/h1-21,28H,22H2. The van der Waals surface area contributed by atoms with Crippen molar-refractivity contribution in [2.24, 2.45) is 0 Å². The fourth-order valence-electron chi connectivity index (χ4n) is 4.91. The fourth-order valence-corrected chi connectivity index (χ4v) is 4.91. The summed E-state index contributed by atoms with van der Waals surface area (Å²) in [6.45, 7) is 0. The molecule has 5 rings (SSSR count). The minimum absolute atomic E-state index is 0.124. The van der Waals surface area contributed by atoms with Crippen LogP contribution in [0.2, 0.25) is 0 Å². The lowest BCUT2D eigenvalue weighted by atomic mass is 9.63. The first-order chi connectivity index (χ1) is 14.4. The highest BCUT2D eigenvalue weighted by Crippen LogP contribution is 2.51. The van der Waals surface area contributed by atoms with Gasteiger partial charge in [-0.1, -0.05) is 127 Å². The summed E-state index contributed by atoms with van der Waals surface area (Å²) in [4.78, 5) is 0. The van der Waals surface area contributed by atoms with Gasteiger partial charge in [0.05, 0.1) is 0 Å². The minimum atomic E-state index is -0.124. The van der Waals surface area contributed by atoms with Crippen molar-refractivity contribution in [1.29, 1.82) is 0 Å². The number of hydrogen-bond acceptors (Lipinski definition) is 0. The van der Waals surface area contributed by atoms with Crippen LogP contribution in [0.15, 0.2) is 121 Å². The number of rotatable bonds is 5. The van der Waals surface area contributed by atoms with Crippen LogP contribution in [0.25, 0.3) is 6.08 Å². The molecule has 4 aromatic carbocycles. The Kier molecular flexibility index (Phi) is 4.62. The third kappa shape index (κ3) is 3.21. The van der Waals surface area contributed by atoms with Gasteiger partial charge in [-0.2, -0.15) is 0 Å². The van der Waals surface area contributed by atoms with E-state index in [0.29, 0.717) is 0 Å². The minimum Gasteiger partial charge on any atom is -0.0721 e. The SMILES string of the molecule is C1=CC(Cc2ccccc2)(C(c2ccccc2)c2ccccc2)c2ccccc21. The maximum absolute atomic E-state index is 2.45. The summed E-state index contributed by atoms with van der Waals surface area (Å²) in [5.41, 5.74) is 6.71. The summed E-state index contributed by atoms with van der Waals surface area (Å²) >= 11 is 0. The van der Waals surface area contributed by atoms with Crippen molar-refractivity contribution >= 4 is 6.08 Å². The third-order valence-electron chi connectivity index (χ3n) is 6.14. The van der Waals surface area contributed by atoms with Crippen LogP contribution in [0.5, 0.6) is 0 Å². The van der Waals surface area contributed by atoms with Gasteiger partial charge < -0.3 is 0 Å². The van der Waals surface area contributed by atoms with Crippen molar-refractivity contribution in [1.82, 2.24) is 0 Å². The zero-order valence-corrected chi connectivity index (χ0v) is 16.4. The number of benzene rings is 4. The molecule has 0 heterocycles. The number of hydrogen-bond donors (Lipinski definition) is 0. The molecule has 0 nitrogen and oxygen atoms in total. The van der Waals surface area contributed by atoms with Gasteiger partial charge in [0.2, 0.25) is 0 Å². The molecule has 0 N–H and O–H groups in total. The molecule has 4 aromatic rings. The average Bonchev–Trinajstić information content (AvgIpc) is 3.15. The molecular weight excluding hydrogens is 348 g/mol. The molecular formula is C29H24. The van der Waals surface area contributed by atoms with Gasteiger partial charge in [-0.25, -0.2) is 0 Å². The average molecular weight is 373 g/mol. The van der Waals surface area contributed by atoms with Gasteiger partial charge in [-0.15, -0.1) is 0 Å². The van der Waals surface area contributed by atoms with Crippen molar-refractivity contribution in [3.05, 3.63) is 149 Å². The van der Waals surface area contributed by atoms with Gasteiger partial charge in [-0.05, 0) is 34.2 Å². The first-order valence-corrected chi connectivity index (χ1v) is 10.3.